The molecule has 1 aromatic heterocycles. The maximum atomic E-state index is 14.0. The molecule has 4 saturated carbocycles. The Labute approximate surface area is 171 Å². The predicted octanol–water partition coefficient (Wildman–Crippen LogP) is 5.23. The van der Waals surface area contributed by atoms with Crippen molar-refractivity contribution < 1.29 is 9.18 Å². The lowest BCUT2D eigenvalue weighted by Gasteiger charge is -2.56. The van der Waals surface area contributed by atoms with E-state index in [1.54, 1.807) is 16.8 Å². The zero-order chi connectivity index (χ0) is 20.2. The van der Waals surface area contributed by atoms with Crippen molar-refractivity contribution in [1.82, 2.24) is 9.78 Å². The molecule has 4 nitrogen and oxygen atoms in total. The standard InChI is InChI=1S/C24H30FN3O/c1-15-23(16(2)28(27-15)14-20-5-3-4-6-21(20)25)26-22(29)13-24-10-17-7-18(11-24)9-19(8-17)12-24/h3-6,17-19H,7-14H2,1-2H3,(H,26,29). The lowest BCUT2D eigenvalue weighted by molar-refractivity contribution is -0.124. The topological polar surface area (TPSA) is 46.9 Å². The number of rotatable bonds is 5. The predicted molar refractivity (Wildman–Crippen MR) is 111 cm³/mol. The van der Waals surface area contributed by atoms with Gasteiger partial charge in [-0.25, -0.2) is 4.39 Å². The van der Waals surface area contributed by atoms with Crippen LogP contribution in [0.1, 0.15) is 61.9 Å². The number of carbonyl (C=O) groups is 1. The number of nitrogens with zero attached hydrogens (tertiary/aromatic N) is 2. The van der Waals surface area contributed by atoms with Gasteiger partial charge in [0.1, 0.15) is 5.82 Å². The van der Waals surface area contributed by atoms with Crippen LogP contribution in [0.4, 0.5) is 10.1 Å². The van der Waals surface area contributed by atoms with Crippen LogP contribution in [-0.4, -0.2) is 15.7 Å². The zero-order valence-corrected chi connectivity index (χ0v) is 17.4. The first-order valence-corrected chi connectivity index (χ1v) is 11.0. The van der Waals surface area contributed by atoms with E-state index in [0.717, 1.165) is 34.8 Å². The highest BCUT2D eigenvalue weighted by Crippen LogP contribution is 2.61. The van der Waals surface area contributed by atoms with Crippen molar-refractivity contribution in [3.63, 3.8) is 0 Å². The van der Waals surface area contributed by atoms with Crippen LogP contribution in [0.25, 0.3) is 0 Å². The third-order valence-corrected chi connectivity index (χ3v) is 7.62. The SMILES string of the molecule is Cc1nn(Cc2ccccc2F)c(C)c1NC(=O)CC12CC3CC(CC(C3)C1)C2. The molecule has 4 bridgehead atoms. The zero-order valence-electron chi connectivity index (χ0n) is 17.4. The molecular formula is C24H30FN3O. The van der Waals surface area contributed by atoms with Crippen LogP contribution in [0.15, 0.2) is 24.3 Å². The lowest BCUT2D eigenvalue weighted by atomic mass is 9.49. The number of hydrogen-bond acceptors (Lipinski definition) is 2. The molecule has 29 heavy (non-hydrogen) atoms. The van der Waals surface area contributed by atoms with Crippen molar-refractivity contribution in [2.24, 2.45) is 23.2 Å². The van der Waals surface area contributed by atoms with E-state index in [4.69, 9.17) is 0 Å². The smallest absolute Gasteiger partial charge is 0.225 e. The number of anilines is 1. The summed E-state index contributed by atoms with van der Waals surface area (Å²) in [6, 6.07) is 6.76. The van der Waals surface area contributed by atoms with Crippen molar-refractivity contribution in [3.05, 3.63) is 47.0 Å². The molecule has 154 valence electrons. The van der Waals surface area contributed by atoms with E-state index in [9.17, 15) is 9.18 Å². The molecule has 0 atom stereocenters. The van der Waals surface area contributed by atoms with E-state index in [1.807, 2.05) is 19.9 Å². The first kappa shape index (κ1) is 18.8. The monoisotopic (exact) mass is 395 g/mol. The number of benzene rings is 1. The number of amides is 1. The van der Waals surface area contributed by atoms with Gasteiger partial charge < -0.3 is 5.32 Å². The Balaban J connectivity index is 1.30. The molecule has 0 radical (unpaired) electrons. The second-order valence-electron chi connectivity index (χ2n) is 9.94. The third kappa shape index (κ3) is 3.49. The molecular weight excluding hydrogens is 365 g/mol. The van der Waals surface area contributed by atoms with Crippen LogP contribution in [0.5, 0.6) is 0 Å². The number of aromatic nitrogens is 2. The molecule has 4 aliphatic rings. The quantitative estimate of drug-likeness (QED) is 0.753. The van der Waals surface area contributed by atoms with Crippen LogP contribution in [0.2, 0.25) is 0 Å². The molecule has 6 rings (SSSR count). The van der Waals surface area contributed by atoms with Gasteiger partial charge in [-0.1, -0.05) is 18.2 Å². The molecule has 0 saturated heterocycles. The fourth-order valence-electron chi connectivity index (χ4n) is 6.85. The largest absolute Gasteiger partial charge is 0.323 e. The molecule has 0 unspecified atom stereocenters. The number of nitrogens with one attached hydrogen (secondary N) is 1. The highest BCUT2D eigenvalue weighted by molar-refractivity contribution is 5.92. The summed E-state index contributed by atoms with van der Waals surface area (Å²) < 4.78 is 15.8. The van der Waals surface area contributed by atoms with Gasteiger partial charge in [-0.05, 0) is 81.6 Å². The van der Waals surface area contributed by atoms with Crippen molar-refractivity contribution in [1.29, 1.82) is 0 Å². The van der Waals surface area contributed by atoms with E-state index in [2.05, 4.69) is 10.4 Å². The Morgan fingerprint density at radius 3 is 2.38 bits per heavy atom. The Bertz CT molecular complexity index is 912. The van der Waals surface area contributed by atoms with Gasteiger partial charge in [-0.3, -0.25) is 9.48 Å². The van der Waals surface area contributed by atoms with Crippen LogP contribution < -0.4 is 5.32 Å². The Kier molecular flexibility index (Phi) is 4.52. The molecule has 1 N–H and O–H groups in total. The molecule has 4 fully saturated rings. The van der Waals surface area contributed by atoms with E-state index in [1.165, 1.54) is 44.6 Å². The molecule has 2 aromatic rings. The summed E-state index contributed by atoms with van der Waals surface area (Å²) in [4.78, 5) is 13.0. The van der Waals surface area contributed by atoms with E-state index in [0.29, 0.717) is 18.5 Å². The second kappa shape index (κ2) is 6.96. The Morgan fingerprint density at radius 1 is 1.14 bits per heavy atom. The average molecular weight is 396 g/mol. The summed E-state index contributed by atoms with van der Waals surface area (Å²) in [6.07, 6.45) is 8.50. The van der Waals surface area contributed by atoms with Gasteiger partial charge in [0.25, 0.3) is 0 Å². The summed E-state index contributed by atoms with van der Waals surface area (Å²) in [7, 11) is 0. The molecule has 0 spiro atoms. The van der Waals surface area contributed by atoms with Crippen LogP contribution >= 0.6 is 0 Å². The van der Waals surface area contributed by atoms with E-state index >= 15 is 0 Å². The highest BCUT2D eigenvalue weighted by atomic mass is 19.1. The Hall–Kier alpha value is -2.17. The van der Waals surface area contributed by atoms with Gasteiger partial charge >= 0.3 is 0 Å². The summed E-state index contributed by atoms with van der Waals surface area (Å²) in [6.45, 7) is 4.22. The fraction of sp³-hybridized carbons (Fsp3) is 0.583. The minimum Gasteiger partial charge on any atom is -0.323 e. The van der Waals surface area contributed by atoms with Gasteiger partial charge in [-0.2, -0.15) is 5.10 Å². The third-order valence-electron chi connectivity index (χ3n) is 7.62. The normalized spacial score (nSPS) is 30.0. The highest BCUT2D eigenvalue weighted by Gasteiger charge is 2.51. The van der Waals surface area contributed by atoms with E-state index in [-0.39, 0.29) is 17.1 Å². The minimum atomic E-state index is -0.229. The molecule has 1 heterocycles. The molecule has 1 aromatic carbocycles. The average Bonchev–Trinajstić information content (AvgIpc) is 2.89. The molecule has 0 aliphatic heterocycles. The van der Waals surface area contributed by atoms with Crippen molar-refractivity contribution >= 4 is 11.6 Å². The minimum absolute atomic E-state index is 0.114. The number of carbonyl (C=O) groups excluding carboxylic acids is 1. The molecule has 4 aliphatic carbocycles. The van der Waals surface area contributed by atoms with Crippen molar-refractivity contribution in [2.75, 3.05) is 5.32 Å². The van der Waals surface area contributed by atoms with Gasteiger partial charge in [0.05, 0.1) is 23.6 Å². The molecule has 5 heteroatoms. The van der Waals surface area contributed by atoms with Gasteiger partial charge in [0, 0.05) is 12.0 Å². The number of aryl methyl sites for hydroxylation is 1. The van der Waals surface area contributed by atoms with E-state index < -0.39 is 0 Å². The lowest BCUT2D eigenvalue weighted by Crippen LogP contribution is -2.47. The first-order valence-electron chi connectivity index (χ1n) is 11.0. The second-order valence-corrected chi connectivity index (χ2v) is 9.94. The maximum Gasteiger partial charge on any atom is 0.225 e. The maximum absolute atomic E-state index is 14.0. The summed E-state index contributed by atoms with van der Waals surface area (Å²) in [5.74, 6) is 2.43. The number of halogens is 1. The van der Waals surface area contributed by atoms with Gasteiger partial charge in [0.2, 0.25) is 5.91 Å². The van der Waals surface area contributed by atoms with Crippen LogP contribution in [0.3, 0.4) is 0 Å². The molecule has 1 amide bonds. The summed E-state index contributed by atoms with van der Waals surface area (Å²) in [5.41, 5.74) is 3.28. The van der Waals surface area contributed by atoms with Gasteiger partial charge in [-0.15, -0.1) is 0 Å². The van der Waals surface area contributed by atoms with Crippen LogP contribution in [-0.2, 0) is 11.3 Å². The van der Waals surface area contributed by atoms with Crippen molar-refractivity contribution in [3.8, 4) is 0 Å². The number of hydrogen-bond donors (Lipinski definition) is 1. The van der Waals surface area contributed by atoms with Gasteiger partial charge in [0.15, 0.2) is 0 Å². The fourth-order valence-corrected chi connectivity index (χ4v) is 6.85. The van der Waals surface area contributed by atoms with Crippen LogP contribution in [0, 0.1) is 42.8 Å². The summed E-state index contributed by atoms with van der Waals surface area (Å²) in [5, 5.41) is 7.72. The summed E-state index contributed by atoms with van der Waals surface area (Å²) >= 11 is 0. The Morgan fingerprint density at radius 2 is 1.76 bits per heavy atom. The first-order chi connectivity index (χ1) is 13.9. The van der Waals surface area contributed by atoms with Crippen molar-refractivity contribution in [2.45, 2.75) is 65.3 Å².